The second kappa shape index (κ2) is 8.10. The molecule has 1 fully saturated rings. The second-order valence-corrected chi connectivity index (χ2v) is 5.95. The average molecular weight is 241 g/mol. The van der Waals surface area contributed by atoms with Crippen LogP contribution in [-0.4, -0.2) is 18.8 Å². The molecule has 2 heteroatoms. The van der Waals surface area contributed by atoms with Gasteiger partial charge in [0.25, 0.3) is 0 Å². The van der Waals surface area contributed by atoms with Crippen LogP contribution in [0.2, 0.25) is 0 Å². The summed E-state index contributed by atoms with van der Waals surface area (Å²) in [6.45, 7) is 7.79. The van der Waals surface area contributed by atoms with Crippen molar-refractivity contribution in [3.05, 3.63) is 0 Å². The van der Waals surface area contributed by atoms with Crippen LogP contribution in [0.15, 0.2) is 0 Å². The van der Waals surface area contributed by atoms with Crippen molar-refractivity contribution in [1.29, 1.82) is 0 Å². The normalized spacial score (nSPS) is 29.8. The molecule has 102 valence electrons. The molecule has 1 aliphatic carbocycles. The van der Waals surface area contributed by atoms with Gasteiger partial charge < -0.3 is 10.5 Å². The maximum atomic E-state index is 6.16. The van der Waals surface area contributed by atoms with Crippen LogP contribution in [0.5, 0.6) is 0 Å². The Kier molecular flexibility index (Phi) is 7.14. The number of nitrogens with two attached hydrogens (primary N) is 1. The molecule has 3 unspecified atom stereocenters. The molecule has 0 aromatic rings. The lowest BCUT2D eigenvalue weighted by Crippen LogP contribution is -2.43. The van der Waals surface area contributed by atoms with Gasteiger partial charge in [0.15, 0.2) is 0 Å². The molecule has 1 rings (SSSR count). The summed E-state index contributed by atoms with van der Waals surface area (Å²) >= 11 is 0. The fourth-order valence-corrected chi connectivity index (χ4v) is 2.74. The molecule has 0 aliphatic heterocycles. The molecule has 0 bridgehead atoms. The highest BCUT2D eigenvalue weighted by molar-refractivity contribution is 4.84. The highest BCUT2D eigenvalue weighted by Gasteiger charge is 2.29. The molecule has 0 spiro atoms. The Balaban J connectivity index is 2.20. The lowest BCUT2D eigenvalue weighted by atomic mass is 9.78. The Labute approximate surface area is 107 Å². The van der Waals surface area contributed by atoms with Gasteiger partial charge in [-0.1, -0.05) is 40.0 Å². The summed E-state index contributed by atoms with van der Waals surface area (Å²) in [5.41, 5.74) is 6.16. The van der Waals surface area contributed by atoms with Gasteiger partial charge in [0, 0.05) is 12.6 Å². The van der Waals surface area contributed by atoms with Gasteiger partial charge in [-0.15, -0.1) is 0 Å². The van der Waals surface area contributed by atoms with Crippen LogP contribution >= 0.6 is 0 Å². The van der Waals surface area contributed by atoms with Crippen LogP contribution in [0.1, 0.15) is 65.7 Å². The maximum Gasteiger partial charge on any atom is 0.0728 e. The average Bonchev–Trinajstić information content (AvgIpc) is 2.30. The van der Waals surface area contributed by atoms with Crippen molar-refractivity contribution in [2.75, 3.05) is 6.61 Å². The first kappa shape index (κ1) is 15.0. The van der Waals surface area contributed by atoms with E-state index in [1.807, 2.05) is 0 Å². The molecule has 0 radical (unpaired) electrons. The van der Waals surface area contributed by atoms with Gasteiger partial charge in [-0.05, 0) is 37.5 Å². The van der Waals surface area contributed by atoms with Crippen molar-refractivity contribution < 1.29 is 4.74 Å². The van der Waals surface area contributed by atoms with Crippen molar-refractivity contribution in [2.45, 2.75) is 77.9 Å². The molecule has 0 heterocycles. The smallest absolute Gasteiger partial charge is 0.0728 e. The Morgan fingerprint density at radius 3 is 2.59 bits per heavy atom. The first-order chi connectivity index (χ1) is 8.15. The summed E-state index contributed by atoms with van der Waals surface area (Å²) in [4.78, 5) is 0. The van der Waals surface area contributed by atoms with Gasteiger partial charge in [0.05, 0.1) is 6.10 Å². The van der Waals surface area contributed by atoms with E-state index in [0.717, 1.165) is 24.9 Å². The van der Waals surface area contributed by atoms with Gasteiger partial charge in [-0.2, -0.15) is 0 Å². The molecule has 2 N–H and O–H groups in total. The van der Waals surface area contributed by atoms with Crippen LogP contribution in [0.4, 0.5) is 0 Å². The molecule has 0 saturated heterocycles. The summed E-state index contributed by atoms with van der Waals surface area (Å²) in [5.74, 6) is 1.59. The molecular formula is C15H31NO. The topological polar surface area (TPSA) is 35.2 Å². The molecule has 1 aliphatic rings. The number of hydrogen-bond acceptors (Lipinski definition) is 2. The second-order valence-electron chi connectivity index (χ2n) is 5.95. The van der Waals surface area contributed by atoms with E-state index in [1.54, 1.807) is 0 Å². The predicted octanol–water partition coefficient (Wildman–Crippen LogP) is 3.74. The first-order valence-electron chi connectivity index (χ1n) is 7.52. The minimum atomic E-state index is 0.274. The van der Waals surface area contributed by atoms with Gasteiger partial charge in [0.1, 0.15) is 0 Å². The lowest BCUT2D eigenvalue weighted by Gasteiger charge is -2.35. The summed E-state index contributed by atoms with van der Waals surface area (Å²) in [5, 5.41) is 0. The van der Waals surface area contributed by atoms with E-state index >= 15 is 0 Å². The fraction of sp³-hybridized carbons (Fsp3) is 1.00. The standard InChI is InChI=1S/C15H31NO/c1-4-5-6-7-10-17-15-11-13(12(2)3)8-9-14(15)16/h12-15H,4-11,16H2,1-3H3. The number of unbranched alkanes of at least 4 members (excludes halogenated alkanes) is 3. The third-order valence-corrected chi connectivity index (χ3v) is 4.16. The summed E-state index contributed by atoms with van der Waals surface area (Å²) in [6.07, 6.45) is 9.03. The summed E-state index contributed by atoms with van der Waals surface area (Å²) in [6, 6.07) is 0.274. The Hall–Kier alpha value is -0.0800. The van der Waals surface area contributed by atoms with Crippen LogP contribution < -0.4 is 5.73 Å². The zero-order chi connectivity index (χ0) is 12.7. The van der Waals surface area contributed by atoms with Gasteiger partial charge >= 0.3 is 0 Å². The zero-order valence-electron chi connectivity index (χ0n) is 12.0. The zero-order valence-corrected chi connectivity index (χ0v) is 12.0. The van der Waals surface area contributed by atoms with Gasteiger partial charge in [0.2, 0.25) is 0 Å². The molecule has 0 amide bonds. The van der Waals surface area contributed by atoms with E-state index in [2.05, 4.69) is 20.8 Å². The molecule has 0 aromatic carbocycles. The van der Waals surface area contributed by atoms with E-state index in [4.69, 9.17) is 10.5 Å². The summed E-state index contributed by atoms with van der Waals surface area (Å²) < 4.78 is 6.00. The SMILES string of the molecule is CCCCCCOC1CC(C(C)C)CCC1N. The minimum absolute atomic E-state index is 0.274. The minimum Gasteiger partial charge on any atom is -0.377 e. The van der Waals surface area contributed by atoms with E-state index in [0.29, 0.717) is 6.10 Å². The molecule has 0 aromatic heterocycles. The van der Waals surface area contributed by atoms with Crippen LogP contribution in [0.25, 0.3) is 0 Å². The Bertz CT molecular complexity index is 193. The lowest BCUT2D eigenvalue weighted by molar-refractivity contribution is -0.00865. The highest BCUT2D eigenvalue weighted by atomic mass is 16.5. The Morgan fingerprint density at radius 2 is 1.94 bits per heavy atom. The van der Waals surface area contributed by atoms with Crippen LogP contribution in [0.3, 0.4) is 0 Å². The number of rotatable bonds is 7. The van der Waals surface area contributed by atoms with E-state index in [1.165, 1.54) is 38.5 Å². The van der Waals surface area contributed by atoms with Crippen LogP contribution in [-0.2, 0) is 4.74 Å². The largest absolute Gasteiger partial charge is 0.377 e. The van der Waals surface area contributed by atoms with Gasteiger partial charge in [-0.3, -0.25) is 0 Å². The monoisotopic (exact) mass is 241 g/mol. The van der Waals surface area contributed by atoms with E-state index < -0.39 is 0 Å². The van der Waals surface area contributed by atoms with Crippen molar-refractivity contribution in [3.8, 4) is 0 Å². The molecule has 3 atom stereocenters. The maximum absolute atomic E-state index is 6.16. The molecular weight excluding hydrogens is 210 g/mol. The van der Waals surface area contributed by atoms with Crippen molar-refractivity contribution >= 4 is 0 Å². The van der Waals surface area contributed by atoms with E-state index in [-0.39, 0.29) is 6.04 Å². The number of ether oxygens (including phenoxy) is 1. The highest BCUT2D eigenvalue weighted by Crippen LogP contribution is 2.31. The quantitative estimate of drug-likeness (QED) is 0.689. The summed E-state index contributed by atoms with van der Waals surface area (Å²) in [7, 11) is 0. The Morgan fingerprint density at radius 1 is 1.18 bits per heavy atom. The van der Waals surface area contributed by atoms with Crippen molar-refractivity contribution in [1.82, 2.24) is 0 Å². The third-order valence-electron chi connectivity index (χ3n) is 4.16. The van der Waals surface area contributed by atoms with Crippen LogP contribution in [0, 0.1) is 11.8 Å². The fourth-order valence-electron chi connectivity index (χ4n) is 2.74. The predicted molar refractivity (Wildman–Crippen MR) is 74.0 cm³/mol. The molecule has 1 saturated carbocycles. The third kappa shape index (κ3) is 5.39. The molecule has 17 heavy (non-hydrogen) atoms. The molecule has 2 nitrogen and oxygen atoms in total. The van der Waals surface area contributed by atoms with Crippen molar-refractivity contribution in [2.24, 2.45) is 17.6 Å². The van der Waals surface area contributed by atoms with Gasteiger partial charge in [-0.25, -0.2) is 0 Å². The van der Waals surface area contributed by atoms with Crippen molar-refractivity contribution in [3.63, 3.8) is 0 Å². The first-order valence-corrected chi connectivity index (χ1v) is 7.52. The van der Waals surface area contributed by atoms with E-state index in [9.17, 15) is 0 Å². The number of hydrogen-bond donors (Lipinski definition) is 1.